The van der Waals surface area contributed by atoms with Crippen molar-refractivity contribution < 1.29 is 14.3 Å². The fourth-order valence-corrected chi connectivity index (χ4v) is 2.81. The number of esters is 1. The fraction of sp³-hybridized carbons (Fsp3) is 0.500. The smallest absolute Gasteiger partial charge is 0.338 e. The first-order chi connectivity index (χ1) is 11.0. The van der Waals surface area contributed by atoms with Crippen molar-refractivity contribution in [2.24, 2.45) is 0 Å². The molecule has 0 unspecified atom stereocenters. The van der Waals surface area contributed by atoms with Crippen molar-refractivity contribution in [3.63, 3.8) is 0 Å². The van der Waals surface area contributed by atoms with Crippen LogP contribution in [0.5, 0.6) is 0 Å². The van der Waals surface area contributed by atoms with Gasteiger partial charge in [0, 0.05) is 0 Å². The summed E-state index contributed by atoms with van der Waals surface area (Å²) in [5.41, 5.74) is 0.541. The monoisotopic (exact) mass is 314 g/mol. The highest BCUT2D eigenvalue weighted by atomic mass is 16.5. The normalized spacial score (nSPS) is 17.6. The summed E-state index contributed by atoms with van der Waals surface area (Å²) < 4.78 is 5.22. The van der Waals surface area contributed by atoms with Gasteiger partial charge in [0.25, 0.3) is 5.91 Å². The van der Waals surface area contributed by atoms with Gasteiger partial charge in [-0.3, -0.25) is 4.79 Å². The molecular weight excluding hydrogens is 292 g/mol. The molecule has 0 bridgehead atoms. The first-order valence-electron chi connectivity index (χ1n) is 7.97. The number of hydrogen-bond acceptors (Lipinski definition) is 4. The van der Waals surface area contributed by atoms with Crippen LogP contribution in [0, 0.1) is 18.3 Å². The number of nitriles is 1. The summed E-state index contributed by atoms with van der Waals surface area (Å²) in [5, 5.41) is 12.2. The van der Waals surface area contributed by atoms with Gasteiger partial charge in [-0.2, -0.15) is 5.26 Å². The van der Waals surface area contributed by atoms with Crippen molar-refractivity contribution in [2.45, 2.75) is 57.6 Å². The quantitative estimate of drug-likeness (QED) is 0.867. The predicted octanol–water partition coefficient (Wildman–Crippen LogP) is 2.88. The van der Waals surface area contributed by atoms with Gasteiger partial charge in [-0.05, 0) is 38.8 Å². The molecular formula is C18H22N2O3. The molecule has 0 radical (unpaired) electrons. The van der Waals surface area contributed by atoms with E-state index in [9.17, 15) is 14.9 Å². The second-order valence-electron chi connectivity index (χ2n) is 6.16. The third kappa shape index (κ3) is 4.32. The van der Waals surface area contributed by atoms with Crippen LogP contribution in [0.3, 0.4) is 0 Å². The Kier molecular flexibility index (Phi) is 5.38. The van der Waals surface area contributed by atoms with Gasteiger partial charge in [0.1, 0.15) is 5.54 Å². The molecule has 2 rings (SSSR count). The second-order valence-corrected chi connectivity index (χ2v) is 6.16. The molecule has 5 nitrogen and oxygen atoms in total. The van der Waals surface area contributed by atoms with Gasteiger partial charge in [0.15, 0.2) is 6.10 Å². The maximum absolute atomic E-state index is 12.3. The molecule has 1 fully saturated rings. The minimum Gasteiger partial charge on any atom is -0.449 e. The van der Waals surface area contributed by atoms with Crippen molar-refractivity contribution in [1.82, 2.24) is 5.32 Å². The van der Waals surface area contributed by atoms with Crippen LogP contribution in [-0.2, 0) is 9.53 Å². The summed E-state index contributed by atoms with van der Waals surface area (Å²) in [7, 11) is 0. The van der Waals surface area contributed by atoms with Gasteiger partial charge in [-0.25, -0.2) is 4.79 Å². The van der Waals surface area contributed by atoms with Crippen LogP contribution in [0.4, 0.5) is 0 Å². The van der Waals surface area contributed by atoms with Gasteiger partial charge in [-0.1, -0.05) is 37.0 Å². The van der Waals surface area contributed by atoms with Crippen LogP contribution in [0.1, 0.15) is 54.9 Å². The van der Waals surface area contributed by atoms with Crippen molar-refractivity contribution in [3.05, 3.63) is 35.4 Å². The number of nitrogens with one attached hydrogen (secondary N) is 1. The highest BCUT2D eigenvalue weighted by Gasteiger charge is 2.35. The highest BCUT2D eigenvalue weighted by molar-refractivity contribution is 5.92. The summed E-state index contributed by atoms with van der Waals surface area (Å²) in [6.07, 6.45) is 3.28. The summed E-state index contributed by atoms with van der Waals surface area (Å²) in [4.78, 5) is 24.4. The Morgan fingerprint density at radius 3 is 2.61 bits per heavy atom. The maximum atomic E-state index is 12.3. The zero-order valence-electron chi connectivity index (χ0n) is 13.6. The van der Waals surface area contributed by atoms with E-state index in [1.807, 2.05) is 13.0 Å². The molecule has 1 aromatic rings. The lowest BCUT2D eigenvalue weighted by Crippen LogP contribution is -2.52. The molecule has 0 aromatic heterocycles. The lowest BCUT2D eigenvalue weighted by atomic mass is 9.83. The van der Waals surface area contributed by atoms with Gasteiger partial charge in [0.2, 0.25) is 0 Å². The number of carbonyl (C=O) groups is 2. The average Bonchev–Trinajstić information content (AvgIpc) is 2.55. The molecule has 0 spiro atoms. The fourth-order valence-electron chi connectivity index (χ4n) is 2.81. The van der Waals surface area contributed by atoms with Crippen molar-refractivity contribution in [1.29, 1.82) is 5.26 Å². The number of nitrogens with zero attached hydrogens (tertiary/aromatic N) is 1. The molecule has 1 N–H and O–H groups in total. The van der Waals surface area contributed by atoms with Gasteiger partial charge >= 0.3 is 5.97 Å². The Morgan fingerprint density at radius 2 is 2.00 bits per heavy atom. The van der Waals surface area contributed by atoms with E-state index >= 15 is 0 Å². The SMILES string of the molecule is Cc1cccc(C(=O)O[C@H](C)C(=O)NC2(C#N)CCCCC2)c1. The summed E-state index contributed by atoms with van der Waals surface area (Å²) in [6.45, 7) is 3.41. The van der Waals surface area contributed by atoms with Crippen molar-refractivity contribution in [2.75, 3.05) is 0 Å². The Morgan fingerprint density at radius 1 is 1.30 bits per heavy atom. The lowest BCUT2D eigenvalue weighted by molar-refractivity contribution is -0.130. The van der Waals surface area contributed by atoms with Crippen molar-refractivity contribution >= 4 is 11.9 Å². The zero-order valence-corrected chi connectivity index (χ0v) is 13.6. The second kappa shape index (κ2) is 7.28. The number of hydrogen-bond donors (Lipinski definition) is 1. The molecule has 0 saturated heterocycles. The lowest BCUT2D eigenvalue weighted by Gasteiger charge is -2.32. The predicted molar refractivity (Wildman–Crippen MR) is 85.6 cm³/mol. The molecule has 122 valence electrons. The van der Waals surface area contributed by atoms with Crippen LogP contribution in [0.25, 0.3) is 0 Å². The minimum atomic E-state index is -0.935. The van der Waals surface area contributed by atoms with Crippen LogP contribution >= 0.6 is 0 Å². The molecule has 1 amide bonds. The minimum absolute atomic E-state index is 0.414. The number of rotatable bonds is 4. The molecule has 0 aliphatic heterocycles. The summed E-state index contributed by atoms with van der Waals surface area (Å²) in [5.74, 6) is -0.958. The first-order valence-corrected chi connectivity index (χ1v) is 7.97. The standard InChI is InChI=1S/C18H22N2O3/c1-13-7-6-8-15(11-13)17(22)23-14(2)16(21)20-18(12-19)9-4-3-5-10-18/h6-8,11,14H,3-5,9-10H2,1-2H3,(H,20,21)/t14-/m1/s1. The van der Waals surface area contributed by atoms with Crippen LogP contribution in [0.15, 0.2) is 24.3 Å². The van der Waals surface area contributed by atoms with Crippen LogP contribution in [0.2, 0.25) is 0 Å². The maximum Gasteiger partial charge on any atom is 0.338 e. The van der Waals surface area contributed by atoms with E-state index < -0.39 is 23.5 Å². The van der Waals surface area contributed by atoms with E-state index in [1.165, 1.54) is 6.92 Å². The molecule has 1 atom stereocenters. The van der Waals surface area contributed by atoms with Crippen LogP contribution in [-0.4, -0.2) is 23.5 Å². The molecule has 1 aromatic carbocycles. The molecule has 1 aliphatic rings. The van der Waals surface area contributed by atoms with E-state index in [2.05, 4.69) is 11.4 Å². The van der Waals surface area contributed by atoms with E-state index in [1.54, 1.807) is 18.2 Å². The number of ether oxygens (including phenoxy) is 1. The van der Waals surface area contributed by atoms with Gasteiger partial charge in [0.05, 0.1) is 11.6 Å². The van der Waals surface area contributed by atoms with E-state index in [-0.39, 0.29) is 0 Å². The van der Waals surface area contributed by atoms with E-state index in [0.717, 1.165) is 24.8 Å². The molecule has 0 heterocycles. The topological polar surface area (TPSA) is 79.2 Å². The highest BCUT2D eigenvalue weighted by Crippen LogP contribution is 2.27. The van der Waals surface area contributed by atoms with Gasteiger partial charge < -0.3 is 10.1 Å². The summed E-state index contributed by atoms with van der Waals surface area (Å²) in [6, 6.07) is 9.24. The third-order valence-corrected chi connectivity index (χ3v) is 4.19. The number of amides is 1. The molecule has 1 saturated carbocycles. The third-order valence-electron chi connectivity index (χ3n) is 4.19. The first kappa shape index (κ1) is 17.0. The Bertz CT molecular complexity index is 627. The van der Waals surface area contributed by atoms with E-state index in [4.69, 9.17) is 4.74 Å². The summed E-state index contributed by atoms with van der Waals surface area (Å²) >= 11 is 0. The number of benzene rings is 1. The Balaban J connectivity index is 1.97. The molecule has 5 heteroatoms. The van der Waals surface area contributed by atoms with Crippen LogP contribution < -0.4 is 5.32 Å². The Labute approximate surface area is 136 Å². The van der Waals surface area contributed by atoms with Gasteiger partial charge in [-0.15, -0.1) is 0 Å². The molecule has 23 heavy (non-hydrogen) atoms. The Hall–Kier alpha value is -2.35. The number of aryl methyl sites for hydroxylation is 1. The average molecular weight is 314 g/mol. The number of carbonyl (C=O) groups excluding carboxylic acids is 2. The molecule has 1 aliphatic carbocycles. The largest absolute Gasteiger partial charge is 0.449 e. The van der Waals surface area contributed by atoms with Crippen molar-refractivity contribution in [3.8, 4) is 6.07 Å². The zero-order chi connectivity index (χ0) is 16.9. The van der Waals surface area contributed by atoms with E-state index in [0.29, 0.717) is 18.4 Å².